The first kappa shape index (κ1) is 41.9. The van der Waals surface area contributed by atoms with Gasteiger partial charge >= 0.3 is 0 Å². The average Bonchev–Trinajstić information content (AvgIpc) is 4.00. The molecule has 1 unspecified atom stereocenters. The molecule has 7 atom stereocenters. The molecular formula is C45H69N3O7. The molecule has 1 aromatic carbocycles. The topological polar surface area (TPSA) is 170 Å². The molecular weight excluding hydrogens is 695 g/mol. The monoisotopic (exact) mass is 764 g/mol. The number of nitrogens with zero attached hydrogens (tertiary/aromatic N) is 1. The number of aliphatic hydroxyl groups is 4. The largest absolute Gasteiger partial charge is 0.592 e. The maximum Gasteiger partial charge on any atom is 0.190 e. The molecule has 2 aliphatic heterocycles. The summed E-state index contributed by atoms with van der Waals surface area (Å²) in [6.07, 6.45) is 21.7. The van der Waals surface area contributed by atoms with Crippen LogP contribution in [0, 0.1) is 35.1 Å². The van der Waals surface area contributed by atoms with Crippen LogP contribution in [-0.4, -0.2) is 88.5 Å². The highest BCUT2D eigenvalue weighted by molar-refractivity contribution is 6.04. The van der Waals surface area contributed by atoms with E-state index in [9.17, 15) is 20.4 Å². The molecule has 0 radical (unpaired) electrons. The lowest BCUT2D eigenvalue weighted by Gasteiger charge is -2.37. The number of benzene rings is 1. The summed E-state index contributed by atoms with van der Waals surface area (Å²) in [6.45, 7) is 3.35. The summed E-state index contributed by atoms with van der Waals surface area (Å²) in [4.78, 5) is 5.12. The fourth-order valence-electron chi connectivity index (χ4n) is 10.4. The van der Waals surface area contributed by atoms with Crippen LogP contribution < -0.4 is 15.8 Å². The second-order valence-electron chi connectivity index (χ2n) is 17.3. The fourth-order valence-corrected chi connectivity index (χ4v) is 10.4. The number of hydrogen-bond acceptors (Lipinski definition) is 10. The van der Waals surface area contributed by atoms with E-state index in [0.717, 1.165) is 87.3 Å². The standard InChI is InChI=1S/C45H69N3O7/c1-30(51)26-47-27-37-35-12-8-13-38(35)45(19-6-7-20-45)25-40-36(37)24-39(48-40)42(53)29-54-44-22-31(16-18-41(44)52)15-17-34-23-32(28-50)43(55-34)14-5-3-2-4-10-33(46)11-9-21-49/h16,18,22-24,30,33,35,37-38,42-43,47,49-53H,2-15,17,19-21,25-29,46H2,1H3/t30-,33-,35-,37-,38-,42-,43?/m0/s1. The van der Waals surface area contributed by atoms with Crippen molar-refractivity contribution in [2.24, 2.45) is 33.9 Å². The van der Waals surface area contributed by atoms with Crippen LogP contribution in [0.1, 0.15) is 122 Å². The Balaban J connectivity index is 1.00. The first-order chi connectivity index (χ1) is 26.7. The Bertz CT molecular complexity index is 1460. The normalized spacial score (nSPS) is 25.9. The molecule has 0 bridgehead atoms. The van der Waals surface area contributed by atoms with Gasteiger partial charge in [-0.3, -0.25) is 0 Å². The number of nitrogens with one attached hydrogen (secondary N) is 1. The summed E-state index contributed by atoms with van der Waals surface area (Å²) in [7, 11) is 0. The van der Waals surface area contributed by atoms with E-state index in [4.69, 9.17) is 25.3 Å². The first-order valence-electron chi connectivity index (χ1n) is 21.6. The predicted octanol–water partition coefficient (Wildman–Crippen LogP) is 6.23. The van der Waals surface area contributed by atoms with Gasteiger partial charge < -0.3 is 46.1 Å². The van der Waals surface area contributed by atoms with Crippen LogP contribution in [0.15, 0.2) is 46.7 Å². The second-order valence-corrected chi connectivity index (χ2v) is 17.3. The molecule has 1 aromatic rings. The van der Waals surface area contributed by atoms with Crippen molar-refractivity contribution in [1.29, 1.82) is 0 Å². The summed E-state index contributed by atoms with van der Waals surface area (Å²) in [5, 5.41) is 54.6. The van der Waals surface area contributed by atoms with Crippen molar-refractivity contribution in [3.8, 4) is 11.5 Å². The Morgan fingerprint density at radius 3 is 2.64 bits per heavy atom. The molecule has 6 rings (SSSR count). The van der Waals surface area contributed by atoms with Crippen molar-refractivity contribution in [3.63, 3.8) is 0 Å². The second kappa shape index (κ2) is 20.1. The Hall–Kier alpha value is -2.73. The molecule has 3 fully saturated rings. The number of aliphatic hydroxyl groups excluding tert-OH is 4. The Kier molecular flexibility index (Phi) is 15.3. The lowest BCUT2D eigenvalue weighted by Crippen LogP contribution is -2.37. The summed E-state index contributed by atoms with van der Waals surface area (Å²) in [5.74, 6) is 3.75. The number of aromatic hydroxyl groups is 1. The molecule has 0 saturated heterocycles. The van der Waals surface area contributed by atoms with Gasteiger partial charge in [-0.2, -0.15) is 12.0 Å². The van der Waals surface area contributed by atoms with Gasteiger partial charge in [0.1, 0.15) is 12.2 Å². The van der Waals surface area contributed by atoms with Crippen LogP contribution in [-0.2, 0) is 11.2 Å². The summed E-state index contributed by atoms with van der Waals surface area (Å²) < 4.78 is 12.4. The van der Waals surface area contributed by atoms with Crippen LogP contribution in [0.5, 0.6) is 11.5 Å². The number of hydrogen-bond donors (Lipinski definition) is 7. The number of nitrogens with two attached hydrogens (primary N) is 1. The van der Waals surface area contributed by atoms with Gasteiger partial charge in [-0.15, -0.1) is 4.99 Å². The summed E-state index contributed by atoms with van der Waals surface area (Å²) >= 11 is 0. The number of fused-ring (bicyclic) bond motifs is 3. The summed E-state index contributed by atoms with van der Waals surface area (Å²) in [6, 6.07) is 6.17. The zero-order valence-corrected chi connectivity index (χ0v) is 33.3. The van der Waals surface area contributed by atoms with Gasteiger partial charge in [0.2, 0.25) is 0 Å². The van der Waals surface area contributed by atoms with E-state index in [0.29, 0.717) is 54.3 Å². The third kappa shape index (κ3) is 10.8. The highest BCUT2D eigenvalue weighted by Gasteiger charge is 2.57. The SMILES string of the molecule is C[C@H](O)CNC[C@@H]1C2=C[C+]([C@@H](O)COc3cc(CCC4=C[C-](CO)C(CCCCCC[C@H](N)CCCO)O4)ccc3O)N=C2CC2(CCCC2)[C@H]2CCC[C@@H]12. The highest BCUT2D eigenvalue weighted by atomic mass is 16.5. The number of allylic oxidation sites excluding steroid dienone is 1. The van der Waals surface area contributed by atoms with E-state index in [-0.39, 0.29) is 37.7 Å². The number of rotatable bonds is 22. The minimum atomic E-state index is -0.934. The predicted molar refractivity (Wildman–Crippen MR) is 216 cm³/mol. The molecule has 0 aromatic heterocycles. The van der Waals surface area contributed by atoms with Gasteiger partial charge in [0.15, 0.2) is 29.4 Å². The van der Waals surface area contributed by atoms with E-state index >= 15 is 0 Å². The molecule has 1 spiro atoms. The van der Waals surface area contributed by atoms with Crippen molar-refractivity contribution in [2.45, 2.75) is 147 Å². The summed E-state index contributed by atoms with van der Waals surface area (Å²) in [5.41, 5.74) is 9.80. The molecule has 10 nitrogen and oxygen atoms in total. The van der Waals surface area contributed by atoms with Crippen LogP contribution >= 0.6 is 0 Å². The van der Waals surface area contributed by atoms with E-state index < -0.39 is 12.2 Å². The van der Waals surface area contributed by atoms with Gasteiger partial charge in [0.05, 0.1) is 24.5 Å². The molecule has 55 heavy (non-hydrogen) atoms. The molecule has 0 amide bonds. The van der Waals surface area contributed by atoms with Gasteiger partial charge in [0.25, 0.3) is 0 Å². The van der Waals surface area contributed by atoms with Crippen LogP contribution in [0.3, 0.4) is 0 Å². The van der Waals surface area contributed by atoms with Gasteiger partial charge in [-0.1, -0.05) is 63.2 Å². The lowest BCUT2D eigenvalue weighted by atomic mass is 9.66. The highest BCUT2D eigenvalue weighted by Crippen LogP contribution is 2.60. The number of unbranched alkanes of at least 4 members (excludes halogenated alkanes) is 3. The number of phenols is 1. The molecule has 3 aliphatic carbocycles. The van der Waals surface area contributed by atoms with Crippen LogP contribution in [0.2, 0.25) is 0 Å². The Morgan fingerprint density at radius 2 is 1.85 bits per heavy atom. The van der Waals surface area contributed by atoms with E-state index in [1.807, 2.05) is 25.1 Å². The number of aryl methyl sites for hydroxylation is 1. The van der Waals surface area contributed by atoms with Gasteiger partial charge in [-0.05, 0) is 99.7 Å². The van der Waals surface area contributed by atoms with E-state index in [2.05, 4.69) is 11.4 Å². The van der Waals surface area contributed by atoms with Crippen LogP contribution in [0.4, 0.5) is 0 Å². The number of aliphatic imine (C=N–C) groups is 1. The fraction of sp³-hybridized carbons (Fsp3) is 0.711. The lowest BCUT2D eigenvalue weighted by molar-refractivity contribution is 0.113. The van der Waals surface area contributed by atoms with Crippen molar-refractivity contribution < 1.29 is 35.0 Å². The Labute approximate surface area is 329 Å². The van der Waals surface area contributed by atoms with Gasteiger partial charge in [-0.25, -0.2) is 0 Å². The molecule has 10 heteroatoms. The molecule has 5 aliphatic rings. The minimum absolute atomic E-state index is 0.0167. The zero-order chi connectivity index (χ0) is 38.8. The van der Waals surface area contributed by atoms with E-state index in [1.54, 1.807) is 6.07 Å². The van der Waals surface area contributed by atoms with Crippen molar-refractivity contribution in [2.75, 3.05) is 32.9 Å². The van der Waals surface area contributed by atoms with E-state index in [1.165, 1.54) is 50.5 Å². The van der Waals surface area contributed by atoms with Gasteiger partial charge in [0, 0.05) is 38.4 Å². The average molecular weight is 764 g/mol. The minimum Gasteiger partial charge on any atom is -0.592 e. The smallest absolute Gasteiger partial charge is 0.190 e. The molecule has 2 heterocycles. The number of ether oxygens (including phenoxy) is 2. The van der Waals surface area contributed by atoms with Crippen molar-refractivity contribution in [3.05, 3.63) is 59.2 Å². The molecule has 3 saturated carbocycles. The molecule has 306 valence electrons. The third-order valence-corrected chi connectivity index (χ3v) is 13.3. The quantitative estimate of drug-likeness (QED) is 0.0534. The number of phenolic OH excluding ortho intramolecular Hbond substituents is 1. The van der Waals surface area contributed by atoms with Crippen molar-refractivity contribution >= 4 is 5.71 Å². The van der Waals surface area contributed by atoms with Crippen molar-refractivity contribution in [1.82, 2.24) is 5.32 Å². The zero-order valence-electron chi connectivity index (χ0n) is 33.3. The Morgan fingerprint density at radius 1 is 1.05 bits per heavy atom. The van der Waals surface area contributed by atoms with Crippen LogP contribution in [0.25, 0.3) is 0 Å². The molecule has 8 N–H and O–H groups in total. The maximum atomic E-state index is 11.4. The first-order valence-corrected chi connectivity index (χ1v) is 21.6. The maximum absolute atomic E-state index is 11.4. The third-order valence-electron chi connectivity index (χ3n) is 13.3.